The monoisotopic (exact) mass is 331 g/mol. The van der Waals surface area contributed by atoms with Gasteiger partial charge in [0.25, 0.3) is 0 Å². The molecule has 1 unspecified atom stereocenters. The molecular formula is C16H25N7O. The highest BCUT2D eigenvalue weighted by Crippen LogP contribution is 2.29. The first-order valence-electron chi connectivity index (χ1n) is 8.44. The van der Waals surface area contributed by atoms with Crippen LogP contribution in [0.5, 0.6) is 0 Å². The summed E-state index contributed by atoms with van der Waals surface area (Å²) in [7, 11) is 3.87. The smallest absolute Gasteiger partial charge is 0.225 e. The van der Waals surface area contributed by atoms with Crippen molar-refractivity contribution < 1.29 is 5.11 Å². The normalized spacial score (nSPS) is 15.3. The molecule has 24 heavy (non-hydrogen) atoms. The molecule has 0 amide bonds. The van der Waals surface area contributed by atoms with Crippen LogP contribution in [0.4, 0.5) is 17.7 Å². The molecule has 2 aromatic heterocycles. The lowest BCUT2D eigenvalue weighted by molar-refractivity contribution is 0.183. The lowest BCUT2D eigenvalue weighted by Crippen LogP contribution is -2.20. The van der Waals surface area contributed by atoms with Crippen molar-refractivity contribution in [2.24, 2.45) is 5.92 Å². The van der Waals surface area contributed by atoms with E-state index in [0.717, 1.165) is 18.3 Å². The molecule has 2 aromatic rings. The number of aliphatic hydroxyl groups excluding tert-OH is 1. The van der Waals surface area contributed by atoms with Gasteiger partial charge in [-0.25, -0.2) is 15.0 Å². The highest BCUT2D eigenvalue weighted by molar-refractivity contribution is 5.86. The van der Waals surface area contributed by atoms with Gasteiger partial charge in [-0.15, -0.1) is 0 Å². The first kappa shape index (κ1) is 16.6. The van der Waals surface area contributed by atoms with Crippen LogP contribution in [0.25, 0.3) is 11.0 Å². The molecular weight excluding hydrogens is 306 g/mol. The number of anilines is 3. The van der Waals surface area contributed by atoms with Crippen molar-refractivity contribution in [1.29, 1.82) is 0 Å². The minimum Gasteiger partial charge on any atom is -0.391 e. The van der Waals surface area contributed by atoms with Crippen molar-refractivity contribution in [3.63, 3.8) is 0 Å². The van der Waals surface area contributed by atoms with Crippen molar-refractivity contribution in [2.45, 2.75) is 32.3 Å². The molecule has 130 valence electrons. The Morgan fingerprint density at radius 2 is 2.00 bits per heavy atom. The number of hydrogen-bond acceptors (Lipinski definition) is 8. The van der Waals surface area contributed by atoms with E-state index >= 15 is 0 Å². The van der Waals surface area contributed by atoms with Gasteiger partial charge in [-0.3, -0.25) is 0 Å². The Bertz CT molecular complexity index is 702. The van der Waals surface area contributed by atoms with Crippen LogP contribution < -0.4 is 15.5 Å². The van der Waals surface area contributed by atoms with E-state index in [4.69, 9.17) is 0 Å². The lowest BCUT2D eigenvalue weighted by Gasteiger charge is -2.16. The zero-order valence-electron chi connectivity index (χ0n) is 14.5. The Hall–Kier alpha value is -2.22. The number of aromatic nitrogens is 4. The third-order valence-electron chi connectivity index (χ3n) is 4.06. The van der Waals surface area contributed by atoms with Crippen molar-refractivity contribution in [3.8, 4) is 0 Å². The molecule has 1 aliphatic carbocycles. The van der Waals surface area contributed by atoms with Gasteiger partial charge in [0.2, 0.25) is 11.9 Å². The fourth-order valence-electron chi connectivity index (χ4n) is 2.30. The number of fused-ring (bicyclic) bond motifs is 1. The minimum absolute atomic E-state index is 0.414. The predicted octanol–water partition coefficient (Wildman–Crippen LogP) is 1.49. The van der Waals surface area contributed by atoms with E-state index in [0.29, 0.717) is 35.9 Å². The summed E-state index contributed by atoms with van der Waals surface area (Å²) < 4.78 is 0. The van der Waals surface area contributed by atoms with E-state index in [9.17, 15) is 5.11 Å². The molecule has 1 fully saturated rings. The zero-order valence-corrected chi connectivity index (χ0v) is 14.5. The Morgan fingerprint density at radius 3 is 2.67 bits per heavy atom. The molecule has 8 heteroatoms. The summed E-state index contributed by atoms with van der Waals surface area (Å²) in [5.41, 5.74) is 1.40. The van der Waals surface area contributed by atoms with Gasteiger partial charge in [0.05, 0.1) is 12.3 Å². The van der Waals surface area contributed by atoms with E-state index in [-0.39, 0.29) is 0 Å². The average Bonchev–Trinajstić information content (AvgIpc) is 3.41. The van der Waals surface area contributed by atoms with Crippen molar-refractivity contribution in [3.05, 3.63) is 6.20 Å². The molecule has 0 saturated heterocycles. The fourth-order valence-corrected chi connectivity index (χ4v) is 2.30. The van der Waals surface area contributed by atoms with Gasteiger partial charge in [0.15, 0.2) is 5.82 Å². The quantitative estimate of drug-likeness (QED) is 0.669. The maximum atomic E-state index is 9.66. The summed E-state index contributed by atoms with van der Waals surface area (Å²) in [6.07, 6.45) is 4.52. The molecule has 3 rings (SSSR count). The van der Waals surface area contributed by atoms with E-state index < -0.39 is 6.10 Å². The number of aliphatic hydroxyl groups is 1. The molecule has 1 aliphatic rings. The zero-order chi connectivity index (χ0) is 17.1. The van der Waals surface area contributed by atoms with Crippen LogP contribution in [-0.2, 0) is 0 Å². The van der Waals surface area contributed by atoms with Crippen LogP contribution in [0.3, 0.4) is 0 Å². The summed E-state index contributed by atoms with van der Waals surface area (Å²) in [4.78, 5) is 19.8. The number of rotatable bonds is 8. The highest BCUT2D eigenvalue weighted by atomic mass is 16.3. The predicted molar refractivity (Wildman–Crippen MR) is 95.5 cm³/mol. The second-order valence-electron chi connectivity index (χ2n) is 6.46. The Labute approximate surface area is 141 Å². The third kappa shape index (κ3) is 4.00. The van der Waals surface area contributed by atoms with Crippen molar-refractivity contribution in [1.82, 2.24) is 19.9 Å². The van der Waals surface area contributed by atoms with Crippen LogP contribution in [0.1, 0.15) is 26.2 Å². The molecule has 8 nitrogen and oxygen atoms in total. The maximum Gasteiger partial charge on any atom is 0.225 e. The van der Waals surface area contributed by atoms with Gasteiger partial charge in [-0.05, 0) is 25.2 Å². The van der Waals surface area contributed by atoms with E-state index in [2.05, 4.69) is 30.6 Å². The van der Waals surface area contributed by atoms with Crippen LogP contribution in [0.15, 0.2) is 6.20 Å². The third-order valence-corrected chi connectivity index (χ3v) is 4.06. The first-order valence-corrected chi connectivity index (χ1v) is 8.44. The second-order valence-corrected chi connectivity index (χ2v) is 6.46. The van der Waals surface area contributed by atoms with Crippen molar-refractivity contribution >= 4 is 28.7 Å². The van der Waals surface area contributed by atoms with Gasteiger partial charge in [0, 0.05) is 27.2 Å². The van der Waals surface area contributed by atoms with Gasteiger partial charge in [-0.1, -0.05) is 6.92 Å². The molecule has 1 saturated carbocycles. The van der Waals surface area contributed by atoms with E-state index in [1.807, 2.05) is 25.9 Å². The minimum atomic E-state index is -0.414. The molecule has 0 aromatic carbocycles. The standard InChI is InChI=1S/C16H25N7O/c1-4-11(24)8-18-15-19-9-12-13(21-15)14(23(2)3)22-16(20-12)17-7-10-5-6-10/h9-11,24H,4-8H2,1-3H3,(H,17,20,22)(H,18,19,21). The van der Waals surface area contributed by atoms with Gasteiger partial charge < -0.3 is 20.6 Å². The lowest BCUT2D eigenvalue weighted by atomic mass is 10.3. The van der Waals surface area contributed by atoms with Crippen LogP contribution in [0.2, 0.25) is 0 Å². The second kappa shape index (κ2) is 7.12. The number of nitrogens with zero attached hydrogens (tertiary/aromatic N) is 5. The Morgan fingerprint density at radius 1 is 1.21 bits per heavy atom. The average molecular weight is 331 g/mol. The Balaban J connectivity index is 1.86. The summed E-state index contributed by atoms with van der Waals surface area (Å²) in [5, 5.41) is 16.0. The molecule has 1 atom stereocenters. The summed E-state index contributed by atoms with van der Waals surface area (Å²) in [6, 6.07) is 0. The van der Waals surface area contributed by atoms with E-state index in [1.54, 1.807) is 6.20 Å². The van der Waals surface area contributed by atoms with Crippen molar-refractivity contribution in [2.75, 3.05) is 42.7 Å². The molecule has 2 heterocycles. The fraction of sp³-hybridized carbons (Fsp3) is 0.625. The van der Waals surface area contributed by atoms with Gasteiger partial charge >= 0.3 is 0 Å². The van der Waals surface area contributed by atoms with Crippen LogP contribution in [0, 0.1) is 5.92 Å². The number of hydrogen-bond donors (Lipinski definition) is 3. The Kier molecular flexibility index (Phi) is 4.94. The number of nitrogens with one attached hydrogen (secondary N) is 2. The summed E-state index contributed by atoms with van der Waals surface area (Å²) in [6.45, 7) is 3.26. The summed E-state index contributed by atoms with van der Waals surface area (Å²) in [5.74, 6) is 2.59. The van der Waals surface area contributed by atoms with Gasteiger partial charge in [-0.2, -0.15) is 4.98 Å². The molecule has 0 bridgehead atoms. The SMILES string of the molecule is CCC(O)CNc1ncc2nc(NCC3CC3)nc(N(C)C)c2n1. The van der Waals surface area contributed by atoms with Crippen LogP contribution in [-0.4, -0.2) is 58.3 Å². The first-order chi connectivity index (χ1) is 11.6. The highest BCUT2D eigenvalue weighted by Gasteiger charge is 2.21. The van der Waals surface area contributed by atoms with Crippen LogP contribution >= 0.6 is 0 Å². The molecule has 0 radical (unpaired) electrons. The largest absolute Gasteiger partial charge is 0.391 e. The summed E-state index contributed by atoms with van der Waals surface area (Å²) >= 11 is 0. The maximum absolute atomic E-state index is 9.66. The molecule has 0 aliphatic heterocycles. The molecule has 3 N–H and O–H groups in total. The van der Waals surface area contributed by atoms with E-state index in [1.165, 1.54) is 12.8 Å². The topological polar surface area (TPSA) is 99.1 Å². The molecule has 0 spiro atoms. The van der Waals surface area contributed by atoms with Gasteiger partial charge in [0.1, 0.15) is 11.0 Å².